The Kier molecular flexibility index (Phi) is 5.27. The Hall–Kier alpha value is -0.660. The molecule has 2 aliphatic rings. The number of sulfonamides is 1. The molecule has 0 aromatic rings. The van der Waals surface area contributed by atoms with Crippen molar-refractivity contribution in [2.45, 2.75) is 43.8 Å². The molecule has 1 N–H and O–H groups in total. The van der Waals surface area contributed by atoms with Crippen molar-refractivity contribution < 1.29 is 22.7 Å². The van der Waals surface area contributed by atoms with Gasteiger partial charge in [0.05, 0.1) is 18.3 Å². The fourth-order valence-electron chi connectivity index (χ4n) is 3.09. The number of carbonyl (C=O) groups excluding carboxylic acids is 1. The quantitative estimate of drug-likeness (QED) is 0.677. The first kappa shape index (κ1) is 16.7. The number of esters is 1. The van der Waals surface area contributed by atoms with Crippen LogP contribution < -0.4 is 4.72 Å². The minimum atomic E-state index is -3.47. The van der Waals surface area contributed by atoms with Crippen LogP contribution in [0.3, 0.4) is 0 Å². The second kappa shape index (κ2) is 6.62. The highest BCUT2D eigenvalue weighted by molar-refractivity contribution is 7.90. The summed E-state index contributed by atoms with van der Waals surface area (Å²) < 4.78 is 37.5. The molecule has 122 valence electrons. The zero-order valence-corrected chi connectivity index (χ0v) is 13.6. The maximum absolute atomic E-state index is 12.5. The van der Waals surface area contributed by atoms with Gasteiger partial charge < -0.3 is 9.47 Å². The topological polar surface area (TPSA) is 81.7 Å². The second-order valence-corrected chi connectivity index (χ2v) is 8.19. The van der Waals surface area contributed by atoms with Crippen molar-refractivity contribution in [3.8, 4) is 0 Å². The van der Waals surface area contributed by atoms with Crippen molar-refractivity contribution in [1.29, 1.82) is 0 Å². The Morgan fingerprint density at radius 2 is 2.00 bits per heavy atom. The molecule has 0 aliphatic heterocycles. The number of nitrogens with one attached hydrogen (secondary N) is 1. The summed E-state index contributed by atoms with van der Waals surface area (Å²) in [5.41, 5.74) is 0.0580. The Morgan fingerprint density at radius 3 is 2.57 bits per heavy atom. The lowest BCUT2D eigenvalue weighted by Gasteiger charge is -2.21. The lowest BCUT2D eigenvalue weighted by molar-refractivity contribution is -0.145. The third kappa shape index (κ3) is 3.96. The smallest absolute Gasteiger partial charge is 0.310 e. The van der Waals surface area contributed by atoms with Gasteiger partial charge in [-0.15, -0.1) is 0 Å². The summed E-state index contributed by atoms with van der Waals surface area (Å²) in [5.74, 6) is -0.940. The average Bonchev–Trinajstić information content (AvgIpc) is 3.06. The highest BCUT2D eigenvalue weighted by Gasteiger charge is 2.46. The van der Waals surface area contributed by atoms with E-state index in [1.165, 1.54) is 7.11 Å². The molecule has 0 bridgehead atoms. The standard InChI is InChI=1S/C14H25NO5S/c1-19-9-8-14(6-7-14)10-15-21(17,18)12-5-3-4-11(12)13(16)20-2/h11-12,15H,3-10H2,1-2H3. The van der Waals surface area contributed by atoms with Gasteiger partial charge in [-0.1, -0.05) is 6.42 Å². The summed E-state index contributed by atoms with van der Waals surface area (Å²) in [7, 11) is -0.514. The van der Waals surface area contributed by atoms with Crippen molar-refractivity contribution in [3.05, 3.63) is 0 Å². The summed E-state index contributed by atoms with van der Waals surface area (Å²) in [6.45, 7) is 1.10. The van der Waals surface area contributed by atoms with Crippen molar-refractivity contribution in [2.75, 3.05) is 27.4 Å². The van der Waals surface area contributed by atoms with Crippen molar-refractivity contribution >= 4 is 16.0 Å². The molecule has 0 spiro atoms. The molecule has 2 aliphatic carbocycles. The van der Waals surface area contributed by atoms with Gasteiger partial charge in [0.1, 0.15) is 0 Å². The van der Waals surface area contributed by atoms with Crippen LogP contribution in [0.5, 0.6) is 0 Å². The minimum absolute atomic E-state index is 0.0580. The maximum atomic E-state index is 12.5. The first-order valence-corrected chi connectivity index (χ1v) is 9.04. The van der Waals surface area contributed by atoms with E-state index in [4.69, 9.17) is 9.47 Å². The van der Waals surface area contributed by atoms with E-state index < -0.39 is 27.2 Å². The number of rotatable bonds is 8. The van der Waals surface area contributed by atoms with E-state index in [0.717, 1.165) is 25.7 Å². The van der Waals surface area contributed by atoms with Crippen LogP contribution in [0.25, 0.3) is 0 Å². The number of ether oxygens (including phenoxy) is 2. The number of hydrogen-bond donors (Lipinski definition) is 1. The number of methoxy groups -OCH3 is 2. The van der Waals surface area contributed by atoms with Crippen molar-refractivity contribution in [3.63, 3.8) is 0 Å². The Balaban J connectivity index is 1.94. The van der Waals surface area contributed by atoms with E-state index in [9.17, 15) is 13.2 Å². The summed E-state index contributed by atoms with van der Waals surface area (Å²) >= 11 is 0. The van der Waals surface area contributed by atoms with E-state index in [-0.39, 0.29) is 5.41 Å². The van der Waals surface area contributed by atoms with Gasteiger partial charge in [-0.05, 0) is 37.5 Å². The average molecular weight is 319 g/mol. The van der Waals surface area contributed by atoms with Crippen molar-refractivity contribution in [2.24, 2.45) is 11.3 Å². The van der Waals surface area contributed by atoms with Gasteiger partial charge in [0.15, 0.2) is 0 Å². The first-order valence-electron chi connectivity index (χ1n) is 7.49. The predicted octanol–water partition coefficient (Wildman–Crippen LogP) is 1.06. The minimum Gasteiger partial charge on any atom is -0.469 e. The molecule has 2 rings (SSSR count). The SMILES string of the molecule is COCCC1(CNS(=O)(=O)C2CCCC2C(=O)OC)CC1. The molecule has 0 heterocycles. The van der Waals surface area contributed by atoms with Crippen molar-refractivity contribution in [1.82, 2.24) is 4.72 Å². The molecule has 2 unspecified atom stereocenters. The normalized spacial score (nSPS) is 27.5. The number of hydrogen-bond acceptors (Lipinski definition) is 5. The molecular weight excluding hydrogens is 294 g/mol. The van der Waals surface area contributed by atoms with Gasteiger partial charge in [-0.3, -0.25) is 4.79 Å². The van der Waals surface area contributed by atoms with Crippen LogP contribution in [0.4, 0.5) is 0 Å². The number of carbonyl (C=O) groups is 1. The molecule has 7 heteroatoms. The summed E-state index contributed by atoms with van der Waals surface area (Å²) in [6, 6.07) is 0. The third-order valence-corrected chi connectivity index (χ3v) is 6.71. The van der Waals surface area contributed by atoms with Gasteiger partial charge in [0.2, 0.25) is 10.0 Å². The molecule has 0 aromatic carbocycles. The fourth-order valence-corrected chi connectivity index (χ4v) is 4.97. The van der Waals surface area contributed by atoms with Crippen LogP contribution in [0.2, 0.25) is 0 Å². The van der Waals surface area contributed by atoms with Crippen LogP contribution in [-0.2, 0) is 24.3 Å². The molecule has 2 saturated carbocycles. The van der Waals surface area contributed by atoms with Gasteiger partial charge >= 0.3 is 5.97 Å². The highest BCUT2D eigenvalue weighted by Crippen LogP contribution is 2.48. The van der Waals surface area contributed by atoms with Gasteiger partial charge in [-0.25, -0.2) is 13.1 Å². The summed E-state index contributed by atoms with van der Waals surface area (Å²) in [4.78, 5) is 11.7. The highest BCUT2D eigenvalue weighted by atomic mass is 32.2. The van der Waals surface area contributed by atoms with E-state index >= 15 is 0 Å². The molecule has 2 atom stereocenters. The lowest BCUT2D eigenvalue weighted by Crippen LogP contribution is -2.41. The van der Waals surface area contributed by atoms with Crippen LogP contribution in [0.15, 0.2) is 0 Å². The first-order chi connectivity index (χ1) is 9.94. The van der Waals surface area contributed by atoms with Gasteiger partial charge in [0.25, 0.3) is 0 Å². The van der Waals surface area contributed by atoms with Gasteiger partial charge in [0, 0.05) is 20.3 Å². The van der Waals surface area contributed by atoms with Crippen LogP contribution in [0.1, 0.15) is 38.5 Å². The zero-order chi connectivity index (χ0) is 15.5. The summed E-state index contributed by atoms with van der Waals surface area (Å²) in [6.07, 6.45) is 4.80. The zero-order valence-electron chi connectivity index (χ0n) is 12.8. The third-order valence-electron chi connectivity index (χ3n) is 4.80. The molecule has 0 amide bonds. The summed E-state index contributed by atoms with van der Waals surface area (Å²) in [5, 5.41) is -0.650. The van der Waals surface area contributed by atoms with E-state index in [2.05, 4.69) is 4.72 Å². The molecule has 0 aromatic heterocycles. The van der Waals surface area contributed by atoms with Crippen LogP contribution in [-0.4, -0.2) is 47.0 Å². The van der Waals surface area contributed by atoms with E-state index in [0.29, 0.717) is 26.0 Å². The lowest BCUT2D eigenvalue weighted by atomic mass is 10.0. The van der Waals surface area contributed by atoms with Crippen LogP contribution >= 0.6 is 0 Å². The molecule has 0 saturated heterocycles. The van der Waals surface area contributed by atoms with Gasteiger partial charge in [-0.2, -0.15) is 0 Å². The Labute approximate surface area is 126 Å². The molecule has 6 nitrogen and oxygen atoms in total. The Bertz CT molecular complexity index is 472. The second-order valence-electron chi connectivity index (χ2n) is 6.21. The molecule has 21 heavy (non-hydrogen) atoms. The van der Waals surface area contributed by atoms with E-state index in [1.54, 1.807) is 7.11 Å². The monoisotopic (exact) mass is 319 g/mol. The van der Waals surface area contributed by atoms with Crippen LogP contribution in [0, 0.1) is 11.3 Å². The predicted molar refractivity (Wildman–Crippen MR) is 78.2 cm³/mol. The largest absolute Gasteiger partial charge is 0.469 e. The molecule has 0 radical (unpaired) electrons. The Morgan fingerprint density at radius 1 is 1.29 bits per heavy atom. The maximum Gasteiger partial charge on any atom is 0.310 e. The molecular formula is C14H25NO5S. The molecule has 2 fully saturated rings. The van der Waals surface area contributed by atoms with E-state index in [1.807, 2.05) is 0 Å². The fraction of sp³-hybridized carbons (Fsp3) is 0.929.